The predicted octanol–water partition coefficient (Wildman–Crippen LogP) is 0.308. The molecule has 0 saturated heterocycles. The van der Waals surface area contributed by atoms with Gasteiger partial charge in [0.2, 0.25) is 10.0 Å². The molecule has 0 aromatic heterocycles. The topological polar surface area (TPSA) is 116 Å². The van der Waals surface area contributed by atoms with Crippen LogP contribution in [0.3, 0.4) is 0 Å². The van der Waals surface area contributed by atoms with E-state index in [1.54, 1.807) is 0 Å². The average Bonchev–Trinajstić information content (AvgIpc) is 2.41. The lowest BCUT2D eigenvalue weighted by Crippen LogP contribution is -2.36. The number of rotatable bonds is 5. The van der Waals surface area contributed by atoms with Crippen LogP contribution in [0, 0.1) is 5.82 Å². The minimum atomic E-state index is -4.64. The van der Waals surface area contributed by atoms with Crippen molar-refractivity contribution in [3.8, 4) is 0 Å². The highest BCUT2D eigenvalue weighted by Gasteiger charge is 2.28. The zero-order valence-electron chi connectivity index (χ0n) is 11.2. The van der Waals surface area contributed by atoms with Crippen LogP contribution in [0.15, 0.2) is 23.1 Å². The number of halogens is 4. The van der Waals surface area contributed by atoms with Crippen molar-refractivity contribution in [2.24, 2.45) is 5.14 Å². The number of hydrogen-bond donors (Lipinski definition) is 2. The summed E-state index contributed by atoms with van der Waals surface area (Å²) in [6.45, 7) is -2.73. The van der Waals surface area contributed by atoms with Gasteiger partial charge in [-0.3, -0.25) is 4.79 Å². The molecule has 0 spiro atoms. The van der Waals surface area contributed by atoms with Gasteiger partial charge in [-0.1, -0.05) is 0 Å². The van der Waals surface area contributed by atoms with E-state index in [1.807, 2.05) is 0 Å². The molecule has 7 nitrogen and oxygen atoms in total. The number of sulfonamides is 1. The number of hydrogen-bond acceptors (Lipinski definition) is 5. The standard InChI is InChI=1S/C11H10F4N2O5S/c12-8-2-1-6(23(16,20)21)3-7(8)10(19)22-4-9(18)17-5-11(13,14)15/h1-3H,4-5H2,(H,17,18)(H2,16,20,21). The molecule has 128 valence electrons. The van der Waals surface area contributed by atoms with Gasteiger partial charge < -0.3 is 10.1 Å². The second kappa shape index (κ2) is 6.91. The normalized spacial score (nSPS) is 11.9. The molecule has 1 aromatic rings. The van der Waals surface area contributed by atoms with Crippen LogP contribution in [-0.2, 0) is 19.6 Å². The molecular formula is C11H10F4N2O5S. The number of amides is 1. The van der Waals surface area contributed by atoms with E-state index in [2.05, 4.69) is 4.74 Å². The minimum absolute atomic E-state index is 0.577. The summed E-state index contributed by atoms with van der Waals surface area (Å²) in [5, 5.41) is 6.23. The lowest BCUT2D eigenvalue weighted by molar-refractivity contribution is -0.140. The molecule has 0 bridgehead atoms. The van der Waals surface area contributed by atoms with Crippen molar-refractivity contribution in [1.82, 2.24) is 5.32 Å². The Morgan fingerprint density at radius 1 is 1.26 bits per heavy atom. The molecule has 0 unspecified atom stereocenters. The van der Waals surface area contributed by atoms with Gasteiger partial charge in [-0.05, 0) is 18.2 Å². The number of benzene rings is 1. The van der Waals surface area contributed by atoms with E-state index >= 15 is 0 Å². The summed E-state index contributed by atoms with van der Waals surface area (Å²) in [5.41, 5.74) is -0.833. The van der Waals surface area contributed by atoms with Gasteiger partial charge in [-0.15, -0.1) is 0 Å². The van der Waals surface area contributed by atoms with Gasteiger partial charge in [0.25, 0.3) is 5.91 Å². The van der Waals surface area contributed by atoms with Crippen LogP contribution in [0.4, 0.5) is 17.6 Å². The summed E-state index contributed by atoms with van der Waals surface area (Å²) in [4.78, 5) is 22.0. The molecule has 1 amide bonds. The number of alkyl halides is 3. The van der Waals surface area contributed by atoms with Gasteiger partial charge in [0.05, 0.1) is 10.5 Å². The summed E-state index contributed by atoms with van der Waals surface area (Å²) >= 11 is 0. The quantitative estimate of drug-likeness (QED) is 0.581. The van der Waals surface area contributed by atoms with E-state index < -0.39 is 57.5 Å². The molecule has 12 heteroatoms. The van der Waals surface area contributed by atoms with Gasteiger partial charge in [-0.2, -0.15) is 13.2 Å². The molecule has 3 N–H and O–H groups in total. The smallest absolute Gasteiger partial charge is 0.405 e. The maximum atomic E-state index is 13.5. The Balaban J connectivity index is 2.74. The first-order valence-corrected chi connectivity index (χ1v) is 7.28. The van der Waals surface area contributed by atoms with Crippen LogP contribution in [0.5, 0.6) is 0 Å². The summed E-state index contributed by atoms with van der Waals surface area (Å²) < 4.78 is 75.5. The first-order valence-electron chi connectivity index (χ1n) is 5.73. The second-order valence-corrected chi connectivity index (χ2v) is 5.72. The first-order chi connectivity index (χ1) is 10.4. The van der Waals surface area contributed by atoms with Crippen LogP contribution in [0.25, 0.3) is 0 Å². The summed E-state index contributed by atoms with van der Waals surface area (Å²) in [7, 11) is -4.21. The van der Waals surface area contributed by atoms with Crippen molar-refractivity contribution < 1.29 is 40.3 Å². The predicted molar refractivity (Wildman–Crippen MR) is 67.1 cm³/mol. The summed E-state index contributed by atoms with van der Waals surface area (Å²) in [6.07, 6.45) is -4.64. The number of primary sulfonamides is 1. The van der Waals surface area contributed by atoms with E-state index in [-0.39, 0.29) is 0 Å². The number of carbonyl (C=O) groups excluding carboxylic acids is 2. The van der Waals surface area contributed by atoms with Gasteiger partial charge >= 0.3 is 12.1 Å². The molecule has 23 heavy (non-hydrogen) atoms. The number of esters is 1. The first kappa shape index (κ1) is 18.8. The fourth-order valence-electron chi connectivity index (χ4n) is 1.30. The molecule has 1 aromatic carbocycles. The molecule has 0 fully saturated rings. The Kier molecular flexibility index (Phi) is 5.66. The lowest BCUT2D eigenvalue weighted by atomic mass is 10.2. The highest BCUT2D eigenvalue weighted by molar-refractivity contribution is 7.89. The van der Waals surface area contributed by atoms with E-state index in [4.69, 9.17) is 5.14 Å². The van der Waals surface area contributed by atoms with Crippen LogP contribution in [-0.4, -0.2) is 39.6 Å². The van der Waals surface area contributed by atoms with Crippen LogP contribution in [0.1, 0.15) is 10.4 Å². The number of ether oxygens (including phenoxy) is 1. The zero-order chi connectivity index (χ0) is 17.8. The SMILES string of the molecule is NS(=O)(=O)c1ccc(F)c(C(=O)OCC(=O)NCC(F)(F)F)c1. The maximum Gasteiger partial charge on any atom is 0.405 e. The van der Waals surface area contributed by atoms with Crippen molar-refractivity contribution in [2.75, 3.05) is 13.2 Å². The third-order valence-electron chi connectivity index (χ3n) is 2.31. The van der Waals surface area contributed by atoms with E-state index in [0.717, 1.165) is 6.07 Å². The Bertz CT molecular complexity index is 718. The third kappa shape index (κ3) is 6.20. The van der Waals surface area contributed by atoms with Gasteiger partial charge in [0, 0.05) is 0 Å². The molecule has 0 aliphatic rings. The highest BCUT2D eigenvalue weighted by Crippen LogP contribution is 2.15. The van der Waals surface area contributed by atoms with Crippen LogP contribution >= 0.6 is 0 Å². The fraction of sp³-hybridized carbons (Fsp3) is 0.273. The number of carbonyl (C=O) groups is 2. The maximum absolute atomic E-state index is 13.5. The number of nitrogens with two attached hydrogens (primary N) is 1. The molecule has 1 rings (SSSR count). The van der Waals surface area contributed by atoms with E-state index in [9.17, 15) is 35.6 Å². The average molecular weight is 358 g/mol. The highest BCUT2D eigenvalue weighted by atomic mass is 32.2. The van der Waals surface area contributed by atoms with Crippen molar-refractivity contribution in [3.05, 3.63) is 29.6 Å². The Morgan fingerprint density at radius 2 is 1.87 bits per heavy atom. The minimum Gasteiger partial charge on any atom is -0.452 e. The monoisotopic (exact) mass is 358 g/mol. The Hall–Kier alpha value is -2.21. The lowest BCUT2D eigenvalue weighted by Gasteiger charge is -2.09. The molecule has 0 aliphatic carbocycles. The van der Waals surface area contributed by atoms with Crippen LogP contribution in [0.2, 0.25) is 0 Å². The summed E-state index contributed by atoms with van der Waals surface area (Å²) in [5.74, 6) is -3.85. The van der Waals surface area contributed by atoms with Crippen molar-refractivity contribution >= 4 is 21.9 Å². The van der Waals surface area contributed by atoms with Crippen molar-refractivity contribution in [2.45, 2.75) is 11.1 Å². The Labute approximate surface area is 127 Å². The van der Waals surface area contributed by atoms with Gasteiger partial charge in [0.1, 0.15) is 12.4 Å². The number of nitrogens with one attached hydrogen (secondary N) is 1. The van der Waals surface area contributed by atoms with E-state index in [0.29, 0.717) is 12.1 Å². The third-order valence-corrected chi connectivity index (χ3v) is 3.22. The fourth-order valence-corrected chi connectivity index (χ4v) is 1.84. The van der Waals surface area contributed by atoms with Gasteiger partial charge in [0.15, 0.2) is 6.61 Å². The summed E-state index contributed by atoms with van der Waals surface area (Å²) in [6, 6.07) is 2.03. The van der Waals surface area contributed by atoms with Crippen molar-refractivity contribution in [1.29, 1.82) is 0 Å². The van der Waals surface area contributed by atoms with Gasteiger partial charge in [-0.25, -0.2) is 22.7 Å². The van der Waals surface area contributed by atoms with Crippen LogP contribution < -0.4 is 10.5 Å². The second-order valence-electron chi connectivity index (χ2n) is 4.15. The molecule has 0 saturated carbocycles. The van der Waals surface area contributed by atoms with Crippen molar-refractivity contribution in [3.63, 3.8) is 0 Å². The molecule has 0 heterocycles. The molecule has 0 radical (unpaired) electrons. The molecule has 0 atom stereocenters. The zero-order valence-corrected chi connectivity index (χ0v) is 12.0. The molecule has 0 aliphatic heterocycles. The molecular weight excluding hydrogens is 348 g/mol. The largest absolute Gasteiger partial charge is 0.452 e. The Morgan fingerprint density at radius 3 is 2.39 bits per heavy atom. The van der Waals surface area contributed by atoms with E-state index in [1.165, 1.54) is 5.32 Å².